The number of amides is 2. The van der Waals surface area contributed by atoms with Crippen molar-refractivity contribution in [2.75, 3.05) is 41.3 Å². The Hall–Kier alpha value is -3.59. The highest BCUT2D eigenvalue weighted by Gasteiger charge is 2.27. The Bertz CT molecular complexity index is 1240. The second kappa shape index (κ2) is 9.81. The Kier molecular flexibility index (Phi) is 6.57. The van der Waals surface area contributed by atoms with Crippen LogP contribution in [0.25, 0.3) is 0 Å². The third kappa shape index (κ3) is 5.31. The number of rotatable bonds is 4. The summed E-state index contributed by atoms with van der Waals surface area (Å²) in [5, 5.41) is 5.72. The van der Waals surface area contributed by atoms with E-state index in [-0.39, 0.29) is 12.0 Å². The lowest BCUT2D eigenvalue weighted by atomic mass is 10.1. The van der Waals surface area contributed by atoms with Crippen molar-refractivity contribution >= 4 is 39.8 Å². The van der Waals surface area contributed by atoms with Gasteiger partial charge in [-0.15, -0.1) is 11.3 Å². The molecule has 8 nitrogen and oxygen atoms in total. The number of anilines is 3. The lowest BCUT2D eigenvalue weighted by molar-refractivity contribution is 0.0240. The number of hydrogen-bond acceptors (Lipinski definition) is 7. The zero-order chi connectivity index (χ0) is 25.3. The number of nitrogens with one attached hydrogen (secondary N) is 1. The van der Waals surface area contributed by atoms with Crippen LogP contribution in [0.2, 0.25) is 0 Å². The molecule has 3 aromatic rings. The number of thiazole rings is 1. The normalized spacial score (nSPS) is 15.6. The van der Waals surface area contributed by atoms with E-state index in [2.05, 4.69) is 44.4 Å². The predicted molar refractivity (Wildman–Crippen MR) is 143 cm³/mol. The van der Waals surface area contributed by atoms with E-state index in [4.69, 9.17) is 4.74 Å². The van der Waals surface area contributed by atoms with Crippen molar-refractivity contribution in [3.63, 3.8) is 0 Å². The lowest BCUT2D eigenvalue weighted by Gasteiger charge is -2.37. The molecule has 3 heterocycles. The molecule has 0 aliphatic carbocycles. The molecule has 2 aliphatic rings. The number of carbonyl (C=O) groups excluding carboxylic acids is 2. The van der Waals surface area contributed by atoms with Gasteiger partial charge in [-0.05, 0) is 44.0 Å². The molecule has 5 rings (SSSR count). The molecule has 0 bridgehead atoms. The third-order valence-electron chi connectivity index (χ3n) is 6.26. The standard InChI is InChI=1S/C27H31N5O3S/c1-27(2,3)35-26(34)31-14-12-30(13-15-31)23-11-7-6-10-21(23)28-24(33)22-18-36-25(29-22)32-16-19-8-4-5-9-20(19)17-32/h4-11,18H,12-17H2,1-3H3,(H,28,33). The molecule has 0 spiro atoms. The topological polar surface area (TPSA) is 78.0 Å². The summed E-state index contributed by atoms with van der Waals surface area (Å²) in [6, 6.07) is 16.1. The van der Waals surface area contributed by atoms with Crippen LogP contribution in [-0.4, -0.2) is 53.7 Å². The molecule has 1 aromatic heterocycles. The van der Waals surface area contributed by atoms with Gasteiger partial charge in [0.2, 0.25) is 0 Å². The number of piperazine rings is 1. The van der Waals surface area contributed by atoms with Gasteiger partial charge < -0.3 is 24.8 Å². The van der Waals surface area contributed by atoms with Gasteiger partial charge in [0.15, 0.2) is 5.13 Å². The van der Waals surface area contributed by atoms with Crippen LogP contribution in [0, 0.1) is 0 Å². The summed E-state index contributed by atoms with van der Waals surface area (Å²) in [5.41, 5.74) is 4.17. The second-order valence-corrected chi connectivity index (χ2v) is 10.9. The van der Waals surface area contributed by atoms with Crippen LogP contribution in [0.1, 0.15) is 42.4 Å². The van der Waals surface area contributed by atoms with E-state index in [0.29, 0.717) is 31.9 Å². The van der Waals surface area contributed by atoms with Gasteiger partial charge in [-0.3, -0.25) is 4.79 Å². The average molecular weight is 506 g/mol. The summed E-state index contributed by atoms with van der Waals surface area (Å²) in [4.78, 5) is 36.3. The largest absolute Gasteiger partial charge is 0.444 e. The van der Waals surface area contributed by atoms with Gasteiger partial charge in [0.05, 0.1) is 11.4 Å². The van der Waals surface area contributed by atoms with E-state index in [9.17, 15) is 9.59 Å². The monoisotopic (exact) mass is 505 g/mol. The van der Waals surface area contributed by atoms with Crippen molar-refractivity contribution in [3.8, 4) is 0 Å². The van der Waals surface area contributed by atoms with Gasteiger partial charge in [0.1, 0.15) is 11.3 Å². The van der Waals surface area contributed by atoms with Crippen molar-refractivity contribution in [1.29, 1.82) is 0 Å². The fourth-order valence-electron chi connectivity index (χ4n) is 4.48. The maximum atomic E-state index is 13.1. The summed E-state index contributed by atoms with van der Waals surface area (Å²) in [6.45, 7) is 9.66. The molecule has 188 valence electrons. The van der Waals surface area contributed by atoms with E-state index < -0.39 is 5.60 Å². The van der Waals surface area contributed by atoms with Gasteiger partial charge in [-0.25, -0.2) is 9.78 Å². The Morgan fingerprint density at radius 3 is 2.22 bits per heavy atom. The van der Waals surface area contributed by atoms with Gasteiger partial charge in [-0.1, -0.05) is 36.4 Å². The molecule has 1 saturated heterocycles. The van der Waals surface area contributed by atoms with Crippen molar-refractivity contribution in [3.05, 3.63) is 70.7 Å². The Balaban J connectivity index is 1.22. The van der Waals surface area contributed by atoms with Crippen LogP contribution < -0.4 is 15.1 Å². The first-order valence-corrected chi connectivity index (χ1v) is 13.1. The number of ether oxygens (including phenoxy) is 1. The first-order chi connectivity index (χ1) is 17.3. The highest BCUT2D eigenvalue weighted by atomic mass is 32.1. The first kappa shape index (κ1) is 24.1. The van der Waals surface area contributed by atoms with Crippen LogP contribution in [0.5, 0.6) is 0 Å². The molecule has 0 saturated carbocycles. The molecule has 2 aliphatic heterocycles. The molecule has 2 aromatic carbocycles. The third-order valence-corrected chi connectivity index (χ3v) is 7.16. The molecule has 2 amide bonds. The van der Waals surface area contributed by atoms with Gasteiger partial charge in [-0.2, -0.15) is 0 Å². The Morgan fingerprint density at radius 2 is 1.56 bits per heavy atom. The van der Waals surface area contributed by atoms with Crippen LogP contribution >= 0.6 is 11.3 Å². The number of aromatic nitrogens is 1. The number of fused-ring (bicyclic) bond motifs is 1. The van der Waals surface area contributed by atoms with Crippen LogP contribution in [0.15, 0.2) is 53.9 Å². The van der Waals surface area contributed by atoms with E-state index >= 15 is 0 Å². The smallest absolute Gasteiger partial charge is 0.410 e. The molecule has 1 fully saturated rings. The van der Waals surface area contributed by atoms with Crippen molar-refractivity contribution < 1.29 is 14.3 Å². The summed E-state index contributed by atoms with van der Waals surface area (Å²) in [7, 11) is 0. The number of nitrogens with zero attached hydrogens (tertiary/aromatic N) is 4. The van der Waals surface area contributed by atoms with E-state index in [1.165, 1.54) is 22.5 Å². The maximum Gasteiger partial charge on any atom is 0.410 e. The molecule has 9 heteroatoms. The lowest BCUT2D eigenvalue weighted by Crippen LogP contribution is -2.50. The number of hydrogen-bond donors (Lipinski definition) is 1. The summed E-state index contributed by atoms with van der Waals surface area (Å²) in [6.07, 6.45) is -0.288. The SMILES string of the molecule is CC(C)(C)OC(=O)N1CCN(c2ccccc2NC(=O)c2csc(N3Cc4ccccc4C3)n2)CC1. The Morgan fingerprint density at radius 1 is 0.917 bits per heavy atom. The molecule has 36 heavy (non-hydrogen) atoms. The van der Waals surface area contributed by atoms with Crippen LogP contribution in [0.3, 0.4) is 0 Å². The molecule has 0 radical (unpaired) electrons. The van der Waals surface area contributed by atoms with Crippen molar-refractivity contribution in [1.82, 2.24) is 9.88 Å². The minimum Gasteiger partial charge on any atom is -0.444 e. The highest BCUT2D eigenvalue weighted by molar-refractivity contribution is 7.13. The van der Waals surface area contributed by atoms with Gasteiger partial charge >= 0.3 is 6.09 Å². The Labute approximate surface area is 215 Å². The molecule has 0 atom stereocenters. The molecule has 1 N–H and O–H groups in total. The zero-order valence-electron chi connectivity index (χ0n) is 20.9. The summed E-state index contributed by atoms with van der Waals surface area (Å²) < 4.78 is 5.50. The first-order valence-electron chi connectivity index (χ1n) is 12.2. The minimum atomic E-state index is -0.514. The summed E-state index contributed by atoms with van der Waals surface area (Å²) in [5.74, 6) is -0.228. The van der Waals surface area contributed by atoms with Crippen LogP contribution in [-0.2, 0) is 17.8 Å². The quantitative estimate of drug-likeness (QED) is 0.539. The highest BCUT2D eigenvalue weighted by Crippen LogP contribution is 2.31. The molecular weight excluding hydrogens is 474 g/mol. The van der Waals surface area contributed by atoms with E-state index in [1.807, 2.05) is 50.4 Å². The molecule has 0 unspecified atom stereocenters. The van der Waals surface area contributed by atoms with Gasteiger partial charge in [0.25, 0.3) is 5.91 Å². The van der Waals surface area contributed by atoms with E-state index in [1.54, 1.807) is 4.90 Å². The fourth-order valence-corrected chi connectivity index (χ4v) is 5.29. The van der Waals surface area contributed by atoms with Crippen molar-refractivity contribution in [2.45, 2.75) is 39.5 Å². The second-order valence-electron chi connectivity index (χ2n) is 10.1. The number of benzene rings is 2. The predicted octanol–water partition coefficient (Wildman–Crippen LogP) is 4.97. The minimum absolute atomic E-state index is 0.228. The van der Waals surface area contributed by atoms with E-state index in [0.717, 1.165) is 29.6 Å². The average Bonchev–Trinajstić information content (AvgIpc) is 3.51. The van der Waals surface area contributed by atoms with Crippen molar-refractivity contribution in [2.24, 2.45) is 0 Å². The number of carbonyl (C=O) groups is 2. The molecular formula is C27H31N5O3S. The zero-order valence-corrected chi connectivity index (χ0v) is 21.7. The van der Waals surface area contributed by atoms with Crippen LogP contribution in [0.4, 0.5) is 21.3 Å². The maximum absolute atomic E-state index is 13.1. The fraction of sp³-hybridized carbons (Fsp3) is 0.370. The number of para-hydroxylation sites is 2. The summed E-state index contributed by atoms with van der Waals surface area (Å²) >= 11 is 1.49. The van der Waals surface area contributed by atoms with Gasteiger partial charge in [0, 0.05) is 44.6 Å².